The molecule has 3 nitrogen and oxygen atoms in total. The second-order valence-corrected chi connectivity index (χ2v) is 6.31. The van der Waals surface area contributed by atoms with E-state index in [1.807, 2.05) is 12.1 Å². The first-order chi connectivity index (χ1) is 9.70. The fraction of sp³-hybridized carbons (Fsp3) is 0.625. The van der Waals surface area contributed by atoms with Gasteiger partial charge in [0.25, 0.3) is 0 Å². The summed E-state index contributed by atoms with van der Waals surface area (Å²) in [6, 6.07) is 6.07. The van der Waals surface area contributed by atoms with Crippen molar-refractivity contribution in [2.24, 2.45) is 0 Å². The van der Waals surface area contributed by atoms with Gasteiger partial charge < -0.3 is 15.2 Å². The summed E-state index contributed by atoms with van der Waals surface area (Å²) in [5, 5.41) is 13.5. The van der Waals surface area contributed by atoms with Gasteiger partial charge in [-0.05, 0) is 44.0 Å². The third kappa shape index (κ3) is 4.47. The van der Waals surface area contributed by atoms with Gasteiger partial charge in [0.15, 0.2) is 0 Å². The van der Waals surface area contributed by atoms with Gasteiger partial charge in [0.2, 0.25) is 0 Å². The summed E-state index contributed by atoms with van der Waals surface area (Å²) in [5.74, 6) is 0.889. The van der Waals surface area contributed by atoms with Gasteiger partial charge in [0.1, 0.15) is 11.9 Å². The second kappa shape index (κ2) is 8.01. The number of nitrogens with one attached hydrogen (secondary N) is 1. The number of aliphatic hydroxyl groups excluding tert-OH is 1. The first-order valence-electron chi connectivity index (χ1n) is 7.54. The monoisotopic (exact) mass is 341 g/mol. The van der Waals surface area contributed by atoms with Gasteiger partial charge in [-0.3, -0.25) is 0 Å². The van der Waals surface area contributed by atoms with E-state index in [0.717, 1.165) is 54.6 Å². The van der Waals surface area contributed by atoms with Crippen molar-refractivity contribution in [3.8, 4) is 5.75 Å². The normalized spacial score (nSPS) is 23.4. The lowest BCUT2D eigenvalue weighted by atomic mass is 10.1. The van der Waals surface area contributed by atoms with Crippen LogP contribution in [0.1, 0.15) is 44.6 Å². The van der Waals surface area contributed by atoms with E-state index in [1.165, 1.54) is 6.42 Å². The highest BCUT2D eigenvalue weighted by Crippen LogP contribution is 2.28. The van der Waals surface area contributed by atoms with E-state index in [0.29, 0.717) is 0 Å². The number of hydrogen-bond acceptors (Lipinski definition) is 3. The summed E-state index contributed by atoms with van der Waals surface area (Å²) in [7, 11) is 0. The largest absolute Gasteiger partial charge is 0.487 e. The van der Waals surface area contributed by atoms with Crippen LogP contribution in [0.25, 0.3) is 0 Å². The summed E-state index contributed by atoms with van der Waals surface area (Å²) < 4.78 is 7.17. The molecule has 2 N–H and O–H groups in total. The van der Waals surface area contributed by atoms with Crippen LogP contribution >= 0.6 is 15.9 Å². The quantitative estimate of drug-likeness (QED) is 0.803. The van der Waals surface area contributed by atoms with Gasteiger partial charge in [-0.1, -0.05) is 35.7 Å². The summed E-state index contributed by atoms with van der Waals surface area (Å²) in [4.78, 5) is 0. The maximum Gasteiger partial charge on any atom is 0.124 e. The Kier molecular flexibility index (Phi) is 6.33. The van der Waals surface area contributed by atoms with Crippen molar-refractivity contribution < 1.29 is 9.84 Å². The zero-order valence-electron chi connectivity index (χ0n) is 12.1. The summed E-state index contributed by atoms with van der Waals surface area (Å²) in [5.41, 5.74) is 1.14. The van der Waals surface area contributed by atoms with E-state index in [-0.39, 0.29) is 12.2 Å². The molecule has 1 aromatic rings. The molecule has 4 heteroatoms. The van der Waals surface area contributed by atoms with Gasteiger partial charge in [0.05, 0.1) is 6.10 Å². The summed E-state index contributed by atoms with van der Waals surface area (Å²) in [6.45, 7) is 3.81. The van der Waals surface area contributed by atoms with Crippen molar-refractivity contribution in [2.75, 3.05) is 6.54 Å². The average molecular weight is 342 g/mol. The van der Waals surface area contributed by atoms with Crippen LogP contribution in [0.5, 0.6) is 5.75 Å². The molecule has 1 aromatic carbocycles. The minimum absolute atomic E-state index is 0.0703. The van der Waals surface area contributed by atoms with E-state index in [2.05, 4.69) is 34.2 Å². The number of aliphatic hydroxyl groups is 1. The Balaban J connectivity index is 2.10. The van der Waals surface area contributed by atoms with Crippen molar-refractivity contribution in [1.82, 2.24) is 5.32 Å². The predicted molar refractivity (Wildman–Crippen MR) is 85.0 cm³/mol. The zero-order valence-corrected chi connectivity index (χ0v) is 13.7. The first-order valence-corrected chi connectivity index (χ1v) is 8.34. The number of halogens is 1. The molecular weight excluding hydrogens is 318 g/mol. The highest BCUT2D eigenvalue weighted by molar-refractivity contribution is 9.10. The molecule has 0 saturated heterocycles. The van der Waals surface area contributed by atoms with Crippen LogP contribution in [0, 0.1) is 0 Å². The minimum atomic E-state index is -0.340. The molecule has 2 atom stereocenters. The van der Waals surface area contributed by atoms with Crippen LogP contribution in [-0.4, -0.2) is 23.9 Å². The maximum absolute atomic E-state index is 10.2. The molecule has 1 aliphatic rings. The van der Waals surface area contributed by atoms with Gasteiger partial charge in [-0.15, -0.1) is 0 Å². The van der Waals surface area contributed by atoms with Crippen LogP contribution in [0.2, 0.25) is 0 Å². The number of ether oxygens (including phenoxy) is 1. The molecule has 2 unspecified atom stereocenters. The average Bonchev–Trinajstić information content (AvgIpc) is 2.64. The number of rotatable bonds is 5. The van der Waals surface area contributed by atoms with E-state index >= 15 is 0 Å². The SMILES string of the molecule is CCNCc1cc(Br)ccc1OC1CCCCCC1O. The molecule has 0 aromatic heterocycles. The van der Waals surface area contributed by atoms with Crippen LogP contribution < -0.4 is 10.1 Å². The molecule has 0 amide bonds. The molecule has 0 heterocycles. The molecule has 112 valence electrons. The second-order valence-electron chi connectivity index (χ2n) is 5.39. The lowest BCUT2D eigenvalue weighted by Gasteiger charge is -2.23. The van der Waals surface area contributed by atoms with Crippen molar-refractivity contribution in [3.05, 3.63) is 28.2 Å². The Morgan fingerprint density at radius 1 is 1.30 bits per heavy atom. The number of benzene rings is 1. The fourth-order valence-corrected chi connectivity index (χ4v) is 3.02. The lowest BCUT2D eigenvalue weighted by molar-refractivity contribution is 0.0314. The first kappa shape index (κ1) is 15.8. The van der Waals surface area contributed by atoms with Gasteiger partial charge in [0, 0.05) is 16.6 Å². The van der Waals surface area contributed by atoms with E-state index in [1.54, 1.807) is 0 Å². The fourth-order valence-electron chi connectivity index (χ4n) is 2.62. The van der Waals surface area contributed by atoms with Crippen molar-refractivity contribution in [2.45, 2.75) is 57.8 Å². The highest BCUT2D eigenvalue weighted by atomic mass is 79.9. The number of hydrogen-bond donors (Lipinski definition) is 2. The van der Waals surface area contributed by atoms with Gasteiger partial charge in [-0.2, -0.15) is 0 Å². The molecular formula is C16H24BrNO2. The molecule has 0 aliphatic heterocycles. The summed E-state index contributed by atoms with van der Waals surface area (Å²) >= 11 is 3.51. The Labute approximate surface area is 129 Å². The molecule has 1 aliphatic carbocycles. The smallest absolute Gasteiger partial charge is 0.124 e. The van der Waals surface area contributed by atoms with Crippen molar-refractivity contribution in [3.63, 3.8) is 0 Å². The molecule has 1 fully saturated rings. The molecule has 20 heavy (non-hydrogen) atoms. The molecule has 0 radical (unpaired) electrons. The van der Waals surface area contributed by atoms with E-state index < -0.39 is 0 Å². The highest BCUT2D eigenvalue weighted by Gasteiger charge is 2.24. The Bertz CT molecular complexity index is 425. The molecule has 0 spiro atoms. The van der Waals surface area contributed by atoms with E-state index in [9.17, 15) is 5.11 Å². The van der Waals surface area contributed by atoms with Crippen molar-refractivity contribution >= 4 is 15.9 Å². The lowest BCUT2D eigenvalue weighted by Crippen LogP contribution is -2.31. The Morgan fingerprint density at radius 3 is 2.90 bits per heavy atom. The molecule has 0 bridgehead atoms. The predicted octanol–water partition coefficient (Wildman–Crippen LogP) is 3.63. The summed E-state index contributed by atoms with van der Waals surface area (Å²) in [6.07, 6.45) is 4.82. The Morgan fingerprint density at radius 2 is 2.10 bits per heavy atom. The van der Waals surface area contributed by atoms with E-state index in [4.69, 9.17) is 4.74 Å². The topological polar surface area (TPSA) is 41.5 Å². The van der Waals surface area contributed by atoms with Crippen molar-refractivity contribution in [1.29, 1.82) is 0 Å². The third-order valence-electron chi connectivity index (χ3n) is 3.78. The van der Waals surface area contributed by atoms with Gasteiger partial charge in [-0.25, -0.2) is 0 Å². The Hall–Kier alpha value is -0.580. The van der Waals surface area contributed by atoms with Crippen LogP contribution in [0.3, 0.4) is 0 Å². The van der Waals surface area contributed by atoms with Crippen LogP contribution in [0.15, 0.2) is 22.7 Å². The standard InChI is InChI=1S/C16H24BrNO2/c1-2-18-11-12-10-13(17)8-9-15(12)20-16-7-5-3-4-6-14(16)19/h8-10,14,16,18-19H,2-7,11H2,1H3. The van der Waals surface area contributed by atoms with Crippen LogP contribution in [-0.2, 0) is 6.54 Å². The maximum atomic E-state index is 10.2. The third-order valence-corrected chi connectivity index (χ3v) is 4.28. The molecule has 2 rings (SSSR count). The van der Waals surface area contributed by atoms with Gasteiger partial charge >= 0.3 is 0 Å². The zero-order chi connectivity index (χ0) is 14.4. The minimum Gasteiger partial charge on any atom is -0.487 e. The molecule has 1 saturated carbocycles. The van der Waals surface area contributed by atoms with Crippen LogP contribution in [0.4, 0.5) is 0 Å².